The highest BCUT2D eigenvalue weighted by atomic mass is 16.6. The molecule has 1 atom stereocenters. The number of carbonyl (C=O) groups excluding carboxylic acids is 3. The molecule has 0 aliphatic carbocycles. The van der Waals surface area contributed by atoms with Crippen LogP contribution in [0.3, 0.4) is 0 Å². The molecular weight excluding hydrogens is 829 g/mol. The van der Waals surface area contributed by atoms with Crippen molar-refractivity contribution >= 4 is 17.9 Å². The Balaban J connectivity index is 4.34. The van der Waals surface area contributed by atoms with E-state index in [2.05, 4.69) is 93.7 Å². The van der Waals surface area contributed by atoms with Gasteiger partial charge in [-0.25, -0.2) is 0 Å². The highest BCUT2D eigenvalue weighted by Gasteiger charge is 2.19. The van der Waals surface area contributed by atoms with E-state index in [9.17, 15) is 14.4 Å². The maximum absolute atomic E-state index is 12.8. The lowest BCUT2D eigenvalue weighted by atomic mass is 10.0. The third kappa shape index (κ3) is 53.4. The molecule has 0 aliphatic heterocycles. The van der Waals surface area contributed by atoms with Crippen LogP contribution < -0.4 is 0 Å². The van der Waals surface area contributed by atoms with E-state index in [0.29, 0.717) is 19.3 Å². The molecule has 0 aromatic carbocycles. The first kappa shape index (κ1) is 63.6. The Kier molecular flexibility index (Phi) is 52.4. The van der Waals surface area contributed by atoms with Crippen LogP contribution in [0.5, 0.6) is 0 Å². The van der Waals surface area contributed by atoms with Gasteiger partial charge in [-0.1, -0.05) is 234 Å². The van der Waals surface area contributed by atoms with Gasteiger partial charge in [0.05, 0.1) is 0 Å². The van der Waals surface area contributed by atoms with Gasteiger partial charge >= 0.3 is 17.9 Å². The van der Waals surface area contributed by atoms with Crippen LogP contribution in [0.25, 0.3) is 0 Å². The molecule has 0 fully saturated rings. The van der Waals surface area contributed by atoms with Crippen molar-refractivity contribution in [3.8, 4) is 0 Å². The van der Waals surface area contributed by atoms with E-state index in [4.69, 9.17) is 14.2 Å². The van der Waals surface area contributed by atoms with Crippen molar-refractivity contribution in [3.05, 3.63) is 85.1 Å². The molecule has 0 amide bonds. The first-order valence-corrected chi connectivity index (χ1v) is 28.1. The predicted octanol–water partition coefficient (Wildman–Crippen LogP) is 18.8. The number of hydrogen-bond donors (Lipinski definition) is 0. The van der Waals surface area contributed by atoms with E-state index < -0.39 is 12.1 Å². The molecule has 384 valence electrons. The van der Waals surface area contributed by atoms with Crippen molar-refractivity contribution in [1.82, 2.24) is 0 Å². The first-order valence-electron chi connectivity index (χ1n) is 28.1. The maximum Gasteiger partial charge on any atom is 0.306 e. The molecule has 0 saturated carbocycles. The lowest BCUT2D eigenvalue weighted by molar-refractivity contribution is -0.166. The monoisotopic (exact) mass is 933 g/mol. The number of ether oxygens (including phenoxy) is 3. The van der Waals surface area contributed by atoms with Crippen LogP contribution in [0.1, 0.15) is 265 Å². The van der Waals surface area contributed by atoms with Crippen molar-refractivity contribution in [2.75, 3.05) is 13.2 Å². The van der Waals surface area contributed by atoms with E-state index in [-0.39, 0.29) is 31.6 Å². The van der Waals surface area contributed by atoms with Crippen molar-refractivity contribution in [2.45, 2.75) is 271 Å². The fourth-order valence-corrected chi connectivity index (χ4v) is 7.67. The van der Waals surface area contributed by atoms with E-state index in [1.54, 1.807) is 0 Å². The van der Waals surface area contributed by atoms with Crippen LogP contribution in [0.4, 0.5) is 0 Å². The van der Waals surface area contributed by atoms with Crippen LogP contribution in [-0.2, 0) is 28.6 Å². The van der Waals surface area contributed by atoms with Crippen LogP contribution in [0.2, 0.25) is 0 Å². The largest absolute Gasteiger partial charge is 0.462 e. The van der Waals surface area contributed by atoms with E-state index in [0.717, 1.165) is 96.3 Å². The fraction of sp³-hybridized carbons (Fsp3) is 0.721. The Morgan fingerprint density at radius 2 is 0.642 bits per heavy atom. The van der Waals surface area contributed by atoms with Crippen LogP contribution in [0, 0.1) is 0 Å². The van der Waals surface area contributed by atoms with Crippen molar-refractivity contribution < 1.29 is 28.6 Å². The topological polar surface area (TPSA) is 78.9 Å². The van der Waals surface area contributed by atoms with Crippen molar-refractivity contribution in [1.29, 1.82) is 0 Å². The zero-order valence-corrected chi connectivity index (χ0v) is 43.9. The molecule has 0 saturated heterocycles. The van der Waals surface area contributed by atoms with Crippen molar-refractivity contribution in [2.24, 2.45) is 0 Å². The Morgan fingerprint density at radius 3 is 1.04 bits per heavy atom. The summed E-state index contributed by atoms with van der Waals surface area (Å²) in [6.07, 6.45) is 71.7. The molecule has 6 nitrogen and oxygen atoms in total. The number of unbranched alkanes of at least 4 members (excludes halogenated alkanes) is 25. The molecular formula is C61H104O6. The Morgan fingerprint density at radius 1 is 0.313 bits per heavy atom. The number of esters is 3. The van der Waals surface area contributed by atoms with Gasteiger partial charge in [-0.2, -0.15) is 0 Å². The summed E-state index contributed by atoms with van der Waals surface area (Å²) in [6.45, 7) is 6.39. The molecule has 0 N–H and O–H groups in total. The first-order chi connectivity index (χ1) is 33.0. The molecule has 0 spiro atoms. The summed E-state index contributed by atoms with van der Waals surface area (Å²) in [4.78, 5) is 38.0. The molecule has 0 rings (SSSR count). The second-order valence-electron chi connectivity index (χ2n) is 18.5. The van der Waals surface area contributed by atoms with Gasteiger partial charge in [-0.05, 0) is 96.3 Å². The summed E-state index contributed by atoms with van der Waals surface area (Å²) >= 11 is 0. The summed E-state index contributed by atoms with van der Waals surface area (Å²) in [6, 6.07) is 0. The summed E-state index contributed by atoms with van der Waals surface area (Å²) in [5.74, 6) is -1.01. The molecule has 0 radical (unpaired) electrons. The number of rotatable bonds is 50. The van der Waals surface area contributed by atoms with Gasteiger partial charge in [0.15, 0.2) is 6.10 Å². The Hall–Kier alpha value is -3.41. The summed E-state index contributed by atoms with van der Waals surface area (Å²) in [7, 11) is 0. The van der Waals surface area contributed by atoms with Gasteiger partial charge in [-0.3, -0.25) is 14.4 Å². The molecule has 0 bridgehead atoms. The minimum atomic E-state index is -0.820. The SMILES string of the molecule is CC/C=C\C/C=C\C/C=C\C/C=C\CCC(=O)OC(COC(=O)CCCCCCC/C=C\C/C=C\CCC)COC(=O)CCCCCCCCCCCCC/C=C\CCCCCCCCCC. The normalized spacial score (nSPS) is 12.7. The van der Waals surface area contributed by atoms with Crippen LogP contribution >= 0.6 is 0 Å². The van der Waals surface area contributed by atoms with Gasteiger partial charge < -0.3 is 14.2 Å². The van der Waals surface area contributed by atoms with Gasteiger partial charge in [0.1, 0.15) is 13.2 Å². The predicted molar refractivity (Wildman–Crippen MR) is 288 cm³/mol. The molecule has 0 aromatic heterocycles. The van der Waals surface area contributed by atoms with Gasteiger partial charge in [0.25, 0.3) is 0 Å². The Labute approximate surface area is 414 Å². The molecule has 1 unspecified atom stereocenters. The summed E-state index contributed by atoms with van der Waals surface area (Å²) in [5, 5.41) is 0. The summed E-state index contributed by atoms with van der Waals surface area (Å²) in [5.41, 5.74) is 0. The quantitative estimate of drug-likeness (QED) is 0.0262. The van der Waals surface area contributed by atoms with E-state index >= 15 is 0 Å². The molecule has 67 heavy (non-hydrogen) atoms. The van der Waals surface area contributed by atoms with Gasteiger partial charge in [-0.15, -0.1) is 0 Å². The van der Waals surface area contributed by atoms with E-state index in [1.165, 1.54) is 122 Å². The molecule has 6 heteroatoms. The van der Waals surface area contributed by atoms with Gasteiger partial charge in [0, 0.05) is 19.3 Å². The summed E-state index contributed by atoms with van der Waals surface area (Å²) < 4.78 is 16.7. The number of allylic oxidation sites excluding steroid dienone is 14. The zero-order chi connectivity index (χ0) is 48.6. The third-order valence-corrected chi connectivity index (χ3v) is 11.8. The minimum absolute atomic E-state index is 0.110. The molecule has 0 aromatic rings. The zero-order valence-electron chi connectivity index (χ0n) is 43.9. The van der Waals surface area contributed by atoms with E-state index in [1.807, 2.05) is 12.2 Å². The smallest absolute Gasteiger partial charge is 0.306 e. The number of hydrogen-bond acceptors (Lipinski definition) is 6. The Bertz CT molecular complexity index is 1300. The second kappa shape index (κ2) is 55.2. The highest BCUT2D eigenvalue weighted by Crippen LogP contribution is 2.15. The fourth-order valence-electron chi connectivity index (χ4n) is 7.67. The van der Waals surface area contributed by atoms with Crippen LogP contribution in [0.15, 0.2) is 85.1 Å². The second-order valence-corrected chi connectivity index (χ2v) is 18.5. The highest BCUT2D eigenvalue weighted by molar-refractivity contribution is 5.71. The molecule has 0 aliphatic rings. The number of carbonyl (C=O) groups is 3. The van der Waals surface area contributed by atoms with Crippen LogP contribution in [-0.4, -0.2) is 37.2 Å². The van der Waals surface area contributed by atoms with Crippen molar-refractivity contribution in [3.63, 3.8) is 0 Å². The lowest BCUT2D eigenvalue weighted by Crippen LogP contribution is -2.30. The standard InChI is InChI=1S/C61H104O6/c1-4-7-10-13-16-19-22-25-26-27-28-29-30-31-32-33-34-37-39-42-45-48-51-54-60(63)66-57-58(67-61(64)55-52-49-46-43-40-36-24-21-18-15-12-9-6-3)56-65-59(62)53-50-47-44-41-38-35-23-20-17-14-11-8-5-2/h9,11-12,14,18,20-21,23,27-28,36,40,46,49,58H,4-8,10,13,15-17,19,22,24-26,29-35,37-39,41-45,47-48,50-57H2,1-3H3/b12-9-,14-11-,21-18-,23-20-,28-27-,40-36-,49-46-. The van der Waals surface area contributed by atoms with Gasteiger partial charge in [0.2, 0.25) is 0 Å². The third-order valence-electron chi connectivity index (χ3n) is 11.8. The molecule has 0 heterocycles. The average molecular weight is 933 g/mol. The lowest BCUT2D eigenvalue weighted by Gasteiger charge is -2.18. The minimum Gasteiger partial charge on any atom is -0.462 e. The average Bonchev–Trinajstić information content (AvgIpc) is 3.33. The maximum atomic E-state index is 12.8.